The summed E-state index contributed by atoms with van der Waals surface area (Å²) in [6.07, 6.45) is -1.12. The van der Waals surface area contributed by atoms with E-state index in [1.54, 1.807) is 42.6 Å². The maximum Gasteiger partial charge on any atom is 0.419 e. The number of anilines is 1. The first-order valence-electron chi connectivity index (χ1n) is 11.4. The van der Waals surface area contributed by atoms with Gasteiger partial charge in [-0.2, -0.15) is 13.2 Å². The van der Waals surface area contributed by atoms with Gasteiger partial charge >= 0.3 is 6.18 Å². The van der Waals surface area contributed by atoms with Crippen molar-refractivity contribution in [1.82, 2.24) is 30.0 Å². The van der Waals surface area contributed by atoms with Crippen LogP contribution in [0.4, 0.5) is 18.9 Å². The molecule has 9 nitrogen and oxygen atoms in total. The van der Waals surface area contributed by atoms with Crippen LogP contribution in [0.3, 0.4) is 0 Å². The van der Waals surface area contributed by atoms with Crippen molar-refractivity contribution >= 4 is 11.6 Å². The molecule has 0 bridgehead atoms. The summed E-state index contributed by atoms with van der Waals surface area (Å²) in [5.41, 5.74) is 1.15. The predicted molar refractivity (Wildman–Crippen MR) is 128 cm³/mol. The first-order chi connectivity index (χ1) is 17.8. The molecule has 0 fully saturated rings. The second kappa shape index (κ2) is 9.88. The number of hydrogen-bond donors (Lipinski definition) is 2. The predicted octanol–water partition coefficient (Wildman–Crippen LogP) is 4.16. The highest BCUT2D eigenvalue weighted by molar-refractivity contribution is 5.95. The number of ether oxygens (including phenoxy) is 1. The Morgan fingerprint density at radius 3 is 2.78 bits per heavy atom. The molecule has 2 N–H and O–H groups in total. The summed E-state index contributed by atoms with van der Waals surface area (Å²) in [5, 5.41) is 14.5. The van der Waals surface area contributed by atoms with E-state index in [0.29, 0.717) is 47.1 Å². The number of fused-ring (bicyclic) bond motifs is 1. The Morgan fingerprint density at radius 1 is 1.16 bits per heavy atom. The van der Waals surface area contributed by atoms with E-state index >= 15 is 0 Å². The molecule has 1 aliphatic heterocycles. The van der Waals surface area contributed by atoms with Gasteiger partial charge in [-0.25, -0.2) is 9.97 Å². The molecule has 5 rings (SSSR count). The SMILES string of the molecule is Cn1c(CNc2cccc(C(=O)N[C@@H]3CCOc4c3cccc4C(F)(F)F)c2)nnc1-c1ccncn1. The summed E-state index contributed by atoms with van der Waals surface area (Å²) in [7, 11) is 1.83. The van der Waals surface area contributed by atoms with Gasteiger partial charge in [0.1, 0.15) is 17.8 Å². The number of halogens is 3. The van der Waals surface area contributed by atoms with Gasteiger partial charge < -0.3 is 19.9 Å². The van der Waals surface area contributed by atoms with Gasteiger partial charge in [0.2, 0.25) is 0 Å². The zero-order chi connectivity index (χ0) is 26.0. The van der Waals surface area contributed by atoms with Gasteiger partial charge in [0.15, 0.2) is 11.6 Å². The summed E-state index contributed by atoms with van der Waals surface area (Å²) in [5.74, 6) is 0.621. The summed E-state index contributed by atoms with van der Waals surface area (Å²) < 4.78 is 47.3. The van der Waals surface area contributed by atoms with E-state index in [1.807, 2.05) is 11.6 Å². The van der Waals surface area contributed by atoms with Gasteiger partial charge in [-0.1, -0.05) is 18.2 Å². The Morgan fingerprint density at radius 2 is 2.00 bits per heavy atom. The van der Waals surface area contributed by atoms with Crippen molar-refractivity contribution in [2.75, 3.05) is 11.9 Å². The monoisotopic (exact) mass is 509 g/mol. The number of benzene rings is 2. The fourth-order valence-electron chi connectivity index (χ4n) is 4.15. The second-order valence-corrected chi connectivity index (χ2v) is 8.41. The molecule has 12 heteroatoms. The van der Waals surface area contributed by atoms with Gasteiger partial charge in [0, 0.05) is 36.5 Å². The quantitative estimate of drug-likeness (QED) is 0.402. The lowest BCUT2D eigenvalue weighted by atomic mass is 9.97. The summed E-state index contributed by atoms with van der Waals surface area (Å²) in [6.45, 7) is 0.411. The Hall–Kier alpha value is -4.48. The maximum absolute atomic E-state index is 13.4. The van der Waals surface area contributed by atoms with Gasteiger partial charge in [0.25, 0.3) is 5.91 Å². The zero-order valence-electron chi connectivity index (χ0n) is 19.7. The molecule has 1 amide bonds. The zero-order valence-corrected chi connectivity index (χ0v) is 19.7. The number of para-hydroxylation sites is 1. The minimum Gasteiger partial charge on any atom is -0.492 e. The molecule has 0 spiro atoms. The smallest absolute Gasteiger partial charge is 0.419 e. The number of nitrogens with zero attached hydrogens (tertiary/aromatic N) is 5. The first kappa shape index (κ1) is 24.2. The molecule has 1 atom stereocenters. The highest BCUT2D eigenvalue weighted by Crippen LogP contribution is 2.42. The van der Waals surface area contributed by atoms with Crippen molar-refractivity contribution in [3.63, 3.8) is 0 Å². The van der Waals surface area contributed by atoms with Crippen LogP contribution >= 0.6 is 0 Å². The van der Waals surface area contributed by atoms with Crippen molar-refractivity contribution in [1.29, 1.82) is 0 Å². The van der Waals surface area contributed by atoms with Crippen LogP contribution in [0.15, 0.2) is 61.1 Å². The van der Waals surface area contributed by atoms with Crippen LogP contribution in [-0.2, 0) is 19.8 Å². The molecular weight excluding hydrogens is 487 g/mol. The van der Waals surface area contributed by atoms with E-state index in [-0.39, 0.29) is 12.4 Å². The van der Waals surface area contributed by atoms with Gasteiger partial charge in [-0.15, -0.1) is 10.2 Å². The van der Waals surface area contributed by atoms with Crippen molar-refractivity contribution in [2.24, 2.45) is 7.05 Å². The minimum atomic E-state index is -4.55. The van der Waals surface area contributed by atoms with Crippen LogP contribution in [0.25, 0.3) is 11.5 Å². The molecule has 190 valence electrons. The lowest BCUT2D eigenvalue weighted by molar-refractivity contribution is -0.139. The normalized spacial score (nSPS) is 15.0. The Bertz CT molecular complexity index is 1420. The summed E-state index contributed by atoms with van der Waals surface area (Å²) in [4.78, 5) is 21.1. The Balaban J connectivity index is 1.28. The van der Waals surface area contributed by atoms with E-state index in [0.717, 1.165) is 6.07 Å². The summed E-state index contributed by atoms with van der Waals surface area (Å²) in [6, 6.07) is 11.8. The van der Waals surface area contributed by atoms with E-state index in [4.69, 9.17) is 4.74 Å². The largest absolute Gasteiger partial charge is 0.492 e. The van der Waals surface area contributed by atoms with E-state index in [9.17, 15) is 18.0 Å². The molecule has 4 aromatic rings. The maximum atomic E-state index is 13.4. The number of hydrogen-bond acceptors (Lipinski definition) is 7. The van der Waals surface area contributed by atoms with Crippen LogP contribution in [0.1, 0.15) is 39.8 Å². The highest BCUT2D eigenvalue weighted by Gasteiger charge is 2.38. The fraction of sp³-hybridized carbons (Fsp3) is 0.240. The van der Waals surface area contributed by atoms with Crippen LogP contribution in [0.5, 0.6) is 5.75 Å². The number of rotatable bonds is 6. The van der Waals surface area contributed by atoms with E-state index < -0.39 is 23.7 Å². The minimum absolute atomic E-state index is 0.0708. The lowest BCUT2D eigenvalue weighted by Crippen LogP contribution is -2.32. The Kier molecular flexibility index (Phi) is 6.47. The number of carbonyl (C=O) groups is 1. The Labute approximate surface area is 209 Å². The van der Waals surface area contributed by atoms with Crippen LogP contribution in [0.2, 0.25) is 0 Å². The van der Waals surface area contributed by atoms with Gasteiger partial charge in [0.05, 0.1) is 24.8 Å². The molecule has 0 aliphatic carbocycles. The van der Waals surface area contributed by atoms with Crippen molar-refractivity contribution in [3.05, 3.63) is 83.6 Å². The van der Waals surface area contributed by atoms with Crippen molar-refractivity contribution < 1.29 is 22.7 Å². The number of carbonyl (C=O) groups excluding carboxylic acids is 1. The third kappa shape index (κ3) is 5.08. The molecule has 0 radical (unpaired) electrons. The van der Waals surface area contributed by atoms with Crippen LogP contribution < -0.4 is 15.4 Å². The van der Waals surface area contributed by atoms with Crippen LogP contribution in [-0.4, -0.2) is 37.2 Å². The number of amides is 1. The first-order valence-corrected chi connectivity index (χ1v) is 11.4. The third-order valence-electron chi connectivity index (χ3n) is 6.04. The molecule has 0 saturated carbocycles. The van der Waals surface area contributed by atoms with E-state index in [2.05, 4.69) is 30.8 Å². The number of alkyl halides is 3. The van der Waals surface area contributed by atoms with Crippen molar-refractivity contribution in [2.45, 2.75) is 25.2 Å². The molecule has 2 aromatic heterocycles. The molecular formula is C25H22F3N7O2. The summed E-state index contributed by atoms with van der Waals surface area (Å²) >= 11 is 0. The molecule has 1 aliphatic rings. The molecule has 37 heavy (non-hydrogen) atoms. The highest BCUT2D eigenvalue weighted by atomic mass is 19.4. The van der Waals surface area contributed by atoms with E-state index in [1.165, 1.54) is 12.4 Å². The van der Waals surface area contributed by atoms with Gasteiger partial charge in [-0.05, 0) is 30.3 Å². The molecule has 3 heterocycles. The van der Waals surface area contributed by atoms with Gasteiger partial charge in [-0.3, -0.25) is 4.79 Å². The lowest BCUT2D eigenvalue weighted by Gasteiger charge is -2.28. The molecule has 2 aromatic carbocycles. The molecule has 0 saturated heterocycles. The fourth-order valence-corrected chi connectivity index (χ4v) is 4.15. The third-order valence-corrected chi connectivity index (χ3v) is 6.04. The van der Waals surface area contributed by atoms with Crippen molar-refractivity contribution in [3.8, 4) is 17.3 Å². The average Bonchev–Trinajstić information content (AvgIpc) is 3.27. The standard InChI is InChI=1S/C25H22F3N7O2/c1-35-21(33-34-23(35)20-8-10-29-14-31-20)13-30-16-5-2-4-15(12-16)24(36)32-19-9-11-37-22-17(19)6-3-7-18(22)25(26,27)28/h2-8,10,12,14,19,30H,9,11,13H2,1H3,(H,32,36)/t19-/m1/s1. The van der Waals surface area contributed by atoms with Crippen LogP contribution in [0, 0.1) is 0 Å². The average molecular weight is 509 g/mol. The topological polar surface area (TPSA) is 107 Å². The number of nitrogens with one attached hydrogen (secondary N) is 2. The molecule has 0 unspecified atom stereocenters. The second-order valence-electron chi connectivity index (χ2n) is 8.41. The number of aromatic nitrogens is 5.